The van der Waals surface area contributed by atoms with Crippen molar-refractivity contribution < 1.29 is 9.47 Å². The van der Waals surface area contributed by atoms with E-state index in [1.807, 2.05) is 36.4 Å². The Labute approximate surface area is 315 Å². The second-order valence-electron chi connectivity index (χ2n) is 13.5. The summed E-state index contributed by atoms with van der Waals surface area (Å²) >= 11 is 0. The van der Waals surface area contributed by atoms with Crippen LogP contribution >= 0.6 is 0 Å². The zero-order valence-electron chi connectivity index (χ0n) is 31.6. The van der Waals surface area contributed by atoms with Crippen LogP contribution < -0.4 is 26.3 Å². The maximum Gasteiger partial charge on any atom is 0.122 e. The third kappa shape index (κ3) is 16.2. The molecular weight excluding hydrogens is 641 g/mol. The molecule has 1 aliphatic carbocycles. The molecule has 282 valence electrons. The summed E-state index contributed by atoms with van der Waals surface area (Å²) in [6.45, 7) is 15.8. The quantitative estimate of drug-likeness (QED) is 0.0727. The summed E-state index contributed by atoms with van der Waals surface area (Å²) in [6.07, 6.45) is 10.6. The maximum atomic E-state index is 7.32. The summed E-state index contributed by atoms with van der Waals surface area (Å²) in [6, 6.07) is 32.0. The van der Waals surface area contributed by atoms with Gasteiger partial charge in [-0.05, 0) is 114 Å². The predicted molar refractivity (Wildman–Crippen MR) is 223 cm³/mol. The number of unbranched alkanes of at least 4 members (excludes halogenated alkanes) is 1. The first-order chi connectivity index (χ1) is 24.7. The van der Waals surface area contributed by atoms with Crippen molar-refractivity contribution in [3.63, 3.8) is 0 Å². The van der Waals surface area contributed by atoms with Gasteiger partial charge in [-0.1, -0.05) is 122 Å². The van der Waals surface area contributed by atoms with E-state index in [1.54, 1.807) is 12.1 Å². The average Bonchev–Trinajstić information content (AvgIpc) is 3.17. The zero-order chi connectivity index (χ0) is 36.8. The Bertz CT molecular complexity index is 1570. The lowest BCUT2D eigenvalue weighted by molar-refractivity contribution is 0.262. The van der Waals surface area contributed by atoms with Gasteiger partial charge in [0.1, 0.15) is 30.5 Å². The Hall–Kier alpha value is -4.55. The number of aryl methyl sites for hydroxylation is 1. The Kier molecular flexibility index (Phi) is 20.6. The number of amidine groups is 1. The third-order valence-corrected chi connectivity index (χ3v) is 9.40. The fourth-order valence-electron chi connectivity index (χ4n) is 5.86. The van der Waals surface area contributed by atoms with E-state index in [0.29, 0.717) is 24.5 Å². The van der Waals surface area contributed by atoms with Crippen LogP contribution in [-0.4, -0.2) is 12.4 Å². The molecule has 6 nitrogen and oxygen atoms in total. The fraction of sp³-hybridized carbons (Fsp3) is 0.413. The number of hydrogen-bond acceptors (Lipinski definition) is 5. The van der Waals surface area contributed by atoms with Crippen molar-refractivity contribution in [1.29, 1.82) is 5.41 Å². The molecule has 0 heterocycles. The van der Waals surface area contributed by atoms with Crippen LogP contribution in [0.5, 0.6) is 11.5 Å². The molecule has 6 N–H and O–H groups in total. The molecule has 1 saturated carbocycles. The van der Waals surface area contributed by atoms with Gasteiger partial charge in [0.25, 0.3) is 0 Å². The third-order valence-electron chi connectivity index (χ3n) is 9.40. The van der Waals surface area contributed by atoms with E-state index in [4.69, 9.17) is 26.4 Å². The molecule has 1 fully saturated rings. The van der Waals surface area contributed by atoms with E-state index in [2.05, 4.69) is 88.1 Å². The first-order valence-electron chi connectivity index (χ1n) is 18.9. The minimum atomic E-state index is 0. The molecule has 0 unspecified atom stereocenters. The first kappa shape index (κ1) is 43.6. The Morgan fingerprint density at radius 1 is 0.673 bits per heavy atom. The molecule has 0 bridgehead atoms. The molecule has 1 aliphatic rings. The van der Waals surface area contributed by atoms with Crippen LogP contribution in [0, 0.1) is 17.2 Å². The van der Waals surface area contributed by atoms with E-state index in [9.17, 15) is 0 Å². The molecule has 6 heteroatoms. The maximum absolute atomic E-state index is 7.32. The number of rotatable bonds is 15. The SMILES string of the molecule is C.C=C(N)c1ccc(OCc2cccc(CNCC3CCC(CC)CC3)c2)cc1.CCCC.CCc1cccc(COc2ccc(C(=N)N)cc2)c1. The summed E-state index contributed by atoms with van der Waals surface area (Å²) in [5.41, 5.74) is 18.3. The van der Waals surface area contributed by atoms with E-state index in [-0.39, 0.29) is 13.3 Å². The highest BCUT2D eigenvalue weighted by molar-refractivity contribution is 5.94. The largest absolute Gasteiger partial charge is 0.489 e. The molecule has 0 amide bonds. The van der Waals surface area contributed by atoms with Gasteiger partial charge in [0.2, 0.25) is 0 Å². The van der Waals surface area contributed by atoms with Crippen molar-refractivity contribution in [2.75, 3.05) is 6.54 Å². The van der Waals surface area contributed by atoms with Crippen LogP contribution in [0.1, 0.15) is 113 Å². The molecule has 0 aromatic heterocycles. The van der Waals surface area contributed by atoms with E-state index >= 15 is 0 Å². The minimum absolute atomic E-state index is 0. The lowest BCUT2D eigenvalue weighted by Gasteiger charge is -2.28. The topological polar surface area (TPSA) is 106 Å². The lowest BCUT2D eigenvalue weighted by atomic mass is 9.81. The molecular formula is C46H66N4O2. The summed E-state index contributed by atoms with van der Waals surface area (Å²) in [5.74, 6) is 3.52. The molecule has 0 atom stereocenters. The standard InChI is InChI=1S/C25H34N2O.C16H18N2O.C4H10.CH4/c1-3-20-7-9-21(10-8-20)16-27-17-22-5-4-6-23(15-22)18-28-25-13-11-24(12-14-25)19(2)26;1-2-12-4-3-5-13(10-12)11-19-15-8-6-14(7-9-15)16(17)18;1-3-4-2;/h4-6,11-15,20-21,27H,2-3,7-10,16-18,26H2,1H3;3-10H,2,11H2,1H3,(H3,17,18);3-4H2,1-2H3;1H4. The number of ether oxygens (including phenoxy) is 2. The van der Waals surface area contributed by atoms with Gasteiger partial charge in [-0.15, -0.1) is 0 Å². The number of hydrogen-bond donors (Lipinski definition) is 4. The van der Waals surface area contributed by atoms with Gasteiger partial charge in [-0.3, -0.25) is 5.41 Å². The van der Waals surface area contributed by atoms with Crippen molar-refractivity contribution >= 4 is 11.5 Å². The first-order valence-corrected chi connectivity index (χ1v) is 18.9. The van der Waals surface area contributed by atoms with Crippen LogP contribution in [0.4, 0.5) is 0 Å². The van der Waals surface area contributed by atoms with Crippen LogP contribution in [-0.2, 0) is 26.2 Å². The number of nitrogens with two attached hydrogens (primary N) is 2. The molecule has 0 spiro atoms. The highest BCUT2D eigenvalue weighted by Gasteiger charge is 2.19. The molecule has 52 heavy (non-hydrogen) atoms. The lowest BCUT2D eigenvalue weighted by Crippen LogP contribution is -2.26. The second-order valence-corrected chi connectivity index (χ2v) is 13.5. The van der Waals surface area contributed by atoms with Gasteiger partial charge < -0.3 is 26.3 Å². The van der Waals surface area contributed by atoms with Crippen LogP contribution in [0.3, 0.4) is 0 Å². The minimum Gasteiger partial charge on any atom is -0.489 e. The molecule has 4 aromatic rings. The number of nitrogens with one attached hydrogen (secondary N) is 2. The molecule has 0 saturated heterocycles. The van der Waals surface area contributed by atoms with Crippen molar-refractivity contribution in [3.8, 4) is 11.5 Å². The van der Waals surface area contributed by atoms with Crippen LogP contribution in [0.2, 0.25) is 0 Å². The summed E-state index contributed by atoms with van der Waals surface area (Å²) in [7, 11) is 0. The van der Waals surface area contributed by atoms with E-state index in [1.165, 1.54) is 61.6 Å². The van der Waals surface area contributed by atoms with Crippen molar-refractivity contribution in [3.05, 3.63) is 137 Å². The van der Waals surface area contributed by atoms with Crippen molar-refractivity contribution in [2.45, 2.75) is 106 Å². The molecule has 0 aliphatic heterocycles. The summed E-state index contributed by atoms with van der Waals surface area (Å²) in [4.78, 5) is 0. The molecule has 0 radical (unpaired) electrons. The summed E-state index contributed by atoms with van der Waals surface area (Å²) in [5, 5.41) is 11.0. The van der Waals surface area contributed by atoms with E-state index < -0.39 is 0 Å². The number of benzene rings is 4. The Morgan fingerprint density at radius 3 is 1.60 bits per heavy atom. The highest BCUT2D eigenvalue weighted by Crippen LogP contribution is 2.30. The van der Waals surface area contributed by atoms with Gasteiger partial charge in [-0.2, -0.15) is 0 Å². The number of nitrogen functional groups attached to an aromatic ring is 1. The summed E-state index contributed by atoms with van der Waals surface area (Å²) < 4.78 is 11.6. The van der Waals surface area contributed by atoms with Crippen LogP contribution in [0.25, 0.3) is 5.70 Å². The van der Waals surface area contributed by atoms with Gasteiger partial charge in [-0.25, -0.2) is 0 Å². The zero-order valence-corrected chi connectivity index (χ0v) is 31.6. The average molecular weight is 707 g/mol. The smallest absolute Gasteiger partial charge is 0.122 e. The normalized spacial score (nSPS) is 14.7. The van der Waals surface area contributed by atoms with Gasteiger partial charge >= 0.3 is 0 Å². The van der Waals surface area contributed by atoms with Crippen LogP contribution in [0.15, 0.2) is 104 Å². The predicted octanol–water partition coefficient (Wildman–Crippen LogP) is 11.1. The Balaban J connectivity index is 0.000000339. The molecule has 4 aromatic carbocycles. The highest BCUT2D eigenvalue weighted by atomic mass is 16.5. The van der Waals surface area contributed by atoms with Gasteiger partial charge in [0.05, 0.1) is 0 Å². The van der Waals surface area contributed by atoms with E-state index in [0.717, 1.165) is 54.0 Å². The molecule has 5 rings (SSSR count). The van der Waals surface area contributed by atoms with Crippen molar-refractivity contribution in [2.24, 2.45) is 23.3 Å². The van der Waals surface area contributed by atoms with Gasteiger partial charge in [0.15, 0.2) is 0 Å². The fourth-order valence-corrected chi connectivity index (χ4v) is 5.86. The second kappa shape index (κ2) is 24.6. The van der Waals surface area contributed by atoms with Crippen molar-refractivity contribution in [1.82, 2.24) is 5.32 Å². The van der Waals surface area contributed by atoms with Gasteiger partial charge in [0, 0.05) is 17.8 Å². The monoisotopic (exact) mass is 707 g/mol. The Morgan fingerprint density at radius 2 is 1.13 bits per heavy atom.